The summed E-state index contributed by atoms with van der Waals surface area (Å²) in [5.74, 6) is 1.54. The van der Waals surface area contributed by atoms with Gasteiger partial charge in [-0.15, -0.1) is 11.3 Å². The molecule has 0 bridgehead atoms. The van der Waals surface area contributed by atoms with E-state index in [1.807, 2.05) is 5.51 Å². The Labute approximate surface area is 165 Å². The summed E-state index contributed by atoms with van der Waals surface area (Å²) in [7, 11) is 0. The van der Waals surface area contributed by atoms with E-state index >= 15 is 0 Å². The van der Waals surface area contributed by atoms with Gasteiger partial charge in [-0.1, -0.05) is 12.1 Å². The van der Waals surface area contributed by atoms with Gasteiger partial charge in [-0.25, -0.2) is 4.98 Å². The van der Waals surface area contributed by atoms with Gasteiger partial charge in [0.15, 0.2) is 0 Å². The quantitative estimate of drug-likeness (QED) is 0.755. The van der Waals surface area contributed by atoms with Crippen molar-refractivity contribution in [3.05, 3.63) is 45.4 Å². The molecule has 4 heterocycles. The summed E-state index contributed by atoms with van der Waals surface area (Å²) in [6.45, 7) is 8.33. The molecule has 2 atom stereocenters. The zero-order valence-electron chi connectivity index (χ0n) is 16.2. The average Bonchev–Trinajstić information content (AvgIpc) is 3.08. The van der Waals surface area contributed by atoms with E-state index in [-0.39, 0.29) is 11.7 Å². The van der Waals surface area contributed by atoms with Crippen LogP contribution >= 0.6 is 11.3 Å². The van der Waals surface area contributed by atoms with Gasteiger partial charge in [0.05, 0.1) is 17.3 Å². The van der Waals surface area contributed by atoms with Crippen molar-refractivity contribution in [2.24, 2.45) is 5.92 Å². The molecule has 0 radical (unpaired) electrons. The zero-order chi connectivity index (χ0) is 18.4. The Hall–Kier alpha value is -1.43. The van der Waals surface area contributed by atoms with Crippen LogP contribution < -0.4 is 4.74 Å². The van der Waals surface area contributed by atoms with E-state index in [0.29, 0.717) is 5.92 Å². The van der Waals surface area contributed by atoms with Crippen LogP contribution in [0.25, 0.3) is 0 Å². The molecule has 2 fully saturated rings. The maximum atomic E-state index is 6.80. The minimum absolute atomic E-state index is 0.0644. The van der Waals surface area contributed by atoms with Crippen LogP contribution in [0.15, 0.2) is 23.7 Å². The highest BCUT2D eigenvalue weighted by molar-refractivity contribution is 7.09. The van der Waals surface area contributed by atoms with Gasteiger partial charge in [0.1, 0.15) is 11.4 Å². The number of ether oxygens (including phenoxy) is 2. The highest BCUT2D eigenvalue weighted by atomic mass is 32.1. The van der Waals surface area contributed by atoms with E-state index in [1.54, 1.807) is 11.3 Å². The molecule has 1 aromatic carbocycles. The fourth-order valence-electron chi connectivity index (χ4n) is 5.13. The third-order valence-electron chi connectivity index (χ3n) is 6.70. The molecule has 0 aliphatic carbocycles. The van der Waals surface area contributed by atoms with Gasteiger partial charge in [-0.2, -0.15) is 0 Å². The number of hydrogen-bond acceptors (Lipinski definition) is 5. The molecule has 1 spiro atoms. The van der Waals surface area contributed by atoms with Crippen LogP contribution in [0, 0.1) is 19.8 Å². The van der Waals surface area contributed by atoms with Crippen LogP contribution in [0.4, 0.5) is 0 Å². The van der Waals surface area contributed by atoms with Crippen molar-refractivity contribution in [3.8, 4) is 5.75 Å². The second kappa shape index (κ2) is 6.87. The van der Waals surface area contributed by atoms with Gasteiger partial charge >= 0.3 is 0 Å². The van der Waals surface area contributed by atoms with Gasteiger partial charge in [0.25, 0.3) is 0 Å². The molecule has 5 heteroatoms. The number of nitrogens with zero attached hydrogens (tertiary/aromatic N) is 2. The molecule has 2 aromatic rings. The fraction of sp³-hybridized carbons (Fsp3) is 0.591. The molecule has 144 valence electrons. The summed E-state index contributed by atoms with van der Waals surface area (Å²) in [4.78, 5) is 8.37. The lowest BCUT2D eigenvalue weighted by Crippen LogP contribution is -2.57. The van der Waals surface area contributed by atoms with Crippen molar-refractivity contribution in [2.75, 3.05) is 19.7 Å². The number of likely N-dealkylation sites (tertiary alicyclic amines) is 1. The van der Waals surface area contributed by atoms with Crippen molar-refractivity contribution in [3.63, 3.8) is 0 Å². The van der Waals surface area contributed by atoms with E-state index < -0.39 is 0 Å². The van der Waals surface area contributed by atoms with Crippen LogP contribution in [-0.2, 0) is 11.3 Å². The molecule has 0 saturated carbocycles. The van der Waals surface area contributed by atoms with Gasteiger partial charge in [-0.05, 0) is 38.3 Å². The summed E-state index contributed by atoms with van der Waals surface area (Å²) in [5.41, 5.74) is 5.60. The number of fused-ring (bicyclic) bond motifs is 4. The third kappa shape index (κ3) is 3.10. The van der Waals surface area contributed by atoms with Crippen molar-refractivity contribution in [1.29, 1.82) is 0 Å². The number of aryl methyl sites for hydroxylation is 2. The monoisotopic (exact) mass is 384 g/mol. The summed E-state index contributed by atoms with van der Waals surface area (Å²) in [5, 5.41) is 0. The maximum Gasteiger partial charge on any atom is 0.126 e. The first kappa shape index (κ1) is 17.7. The number of thiazole rings is 1. The Morgan fingerprint density at radius 1 is 1.26 bits per heavy atom. The summed E-state index contributed by atoms with van der Waals surface area (Å²) in [6.07, 6.45) is 4.74. The molecule has 3 aliphatic rings. The number of rotatable bonds is 2. The highest BCUT2D eigenvalue weighted by Crippen LogP contribution is 2.53. The smallest absolute Gasteiger partial charge is 0.126 e. The molecule has 1 aromatic heterocycles. The van der Waals surface area contributed by atoms with Gasteiger partial charge in [-0.3, -0.25) is 4.90 Å². The van der Waals surface area contributed by atoms with Crippen molar-refractivity contribution < 1.29 is 9.47 Å². The summed E-state index contributed by atoms with van der Waals surface area (Å²) in [6, 6.07) is 6.62. The lowest BCUT2D eigenvalue weighted by atomic mass is 9.70. The predicted molar refractivity (Wildman–Crippen MR) is 107 cm³/mol. The van der Waals surface area contributed by atoms with Crippen LogP contribution in [0.2, 0.25) is 0 Å². The molecule has 27 heavy (non-hydrogen) atoms. The van der Waals surface area contributed by atoms with Crippen LogP contribution in [0.3, 0.4) is 0 Å². The minimum Gasteiger partial charge on any atom is -0.486 e. The van der Waals surface area contributed by atoms with E-state index in [9.17, 15) is 0 Å². The second-order valence-electron chi connectivity index (χ2n) is 8.39. The molecule has 2 saturated heterocycles. The summed E-state index contributed by atoms with van der Waals surface area (Å²) < 4.78 is 13.1. The van der Waals surface area contributed by atoms with Crippen LogP contribution in [-0.4, -0.2) is 35.2 Å². The van der Waals surface area contributed by atoms with Gasteiger partial charge in [0, 0.05) is 55.4 Å². The van der Waals surface area contributed by atoms with Crippen LogP contribution in [0.1, 0.15) is 53.5 Å². The predicted octanol–water partition coefficient (Wildman–Crippen LogP) is 4.65. The minimum atomic E-state index is -0.0644. The lowest BCUT2D eigenvalue weighted by Gasteiger charge is -2.53. The fourth-order valence-corrected chi connectivity index (χ4v) is 5.95. The Bertz CT molecular complexity index is 825. The molecule has 0 unspecified atom stereocenters. The third-order valence-corrected chi connectivity index (χ3v) is 7.62. The number of aromatic nitrogens is 1. The zero-order valence-corrected chi connectivity index (χ0v) is 17.1. The number of piperidine rings is 1. The van der Waals surface area contributed by atoms with Crippen molar-refractivity contribution in [2.45, 2.75) is 57.8 Å². The van der Waals surface area contributed by atoms with Crippen molar-refractivity contribution in [1.82, 2.24) is 9.88 Å². The lowest BCUT2D eigenvalue weighted by molar-refractivity contribution is -0.150. The summed E-state index contributed by atoms with van der Waals surface area (Å²) >= 11 is 1.78. The SMILES string of the molecule is Cc1ccc2c(c1)OC1(CCN(Cc3scnc3C)CC1)[C@H]1CCCO[C@H]21. The maximum absolute atomic E-state index is 6.80. The number of benzene rings is 1. The number of hydrogen-bond donors (Lipinski definition) is 0. The van der Waals surface area contributed by atoms with E-state index in [4.69, 9.17) is 9.47 Å². The van der Waals surface area contributed by atoms with Gasteiger partial charge < -0.3 is 9.47 Å². The molecular formula is C22H28N2O2S. The van der Waals surface area contributed by atoms with E-state index in [0.717, 1.165) is 51.3 Å². The largest absolute Gasteiger partial charge is 0.486 e. The van der Waals surface area contributed by atoms with Gasteiger partial charge in [0.2, 0.25) is 0 Å². The standard InChI is InChI=1S/C22H28N2O2S/c1-15-5-6-17-19(12-15)26-22(18-4-3-11-25-21(17)18)7-9-24(10-8-22)13-20-16(2)23-14-27-20/h5-6,12,14,18,21H,3-4,7-11,13H2,1-2H3/t18-,21+/m0/s1. The highest BCUT2D eigenvalue weighted by Gasteiger charge is 2.52. The Morgan fingerprint density at radius 3 is 2.89 bits per heavy atom. The molecule has 3 aliphatic heterocycles. The van der Waals surface area contributed by atoms with E-state index in [1.165, 1.54) is 28.1 Å². The first-order chi connectivity index (χ1) is 13.1. The topological polar surface area (TPSA) is 34.6 Å². The molecule has 0 amide bonds. The first-order valence-corrected chi connectivity index (χ1v) is 11.1. The average molecular weight is 385 g/mol. The normalized spacial score (nSPS) is 27.0. The molecular weight excluding hydrogens is 356 g/mol. The molecule has 0 N–H and O–H groups in total. The van der Waals surface area contributed by atoms with E-state index in [2.05, 4.69) is 41.9 Å². The molecule has 4 nitrogen and oxygen atoms in total. The van der Waals surface area contributed by atoms with Crippen LogP contribution in [0.5, 0.6) is 5.75 Å². The second-order valence-corrected chi connectivity index (χ2v) is 9.32. The Morgan fingerprint density at radius 2 is 2.11 bits per heavy atom. The van der Waals surface area contributed by atoms with Crippen molar-refractivity contribution >= 4 is 11.3 Å². The Balaban J connectivity index is 1.38. The first-order valence-electron chi connectivity index (χ1n) is 10.2. The Kier molecular flexibility index (Phi) is 4.49. The molecule has 5 rings (SSSR count).